The smallest absolute Gasteiger partial charge is 0.218 e. The molecule has 7 nitrogen and oxygen atoms in total. The topological polar surface area (TPSA) is 79.3 Å². The van der Waals surface area contributed by atoms with Crippen LogP contribution in [-0.2, 0) is 34.0 Å². The molecule has 3 aromatic rings. The first-order valence-corrected chi connectivity index (χ1v) is 16.3. The summed E-state index contributed by atoms with van der Waals surface area (Å²) in [7, 11) is -0.270. The van der Waals surface area contributed by atoms with Crippen molar-refractivity contribution >= 4 is 10.0 Å². The van der Waals surface area contributed by atoms with Gasteiger partial charge < -0.3 is 14.6 Å². The van der Waals surface area contributed by atoms with Gasteiger partial charge in [-0.2, -0.15) is 4.31 Å². The fourth-order valence-corrected chi connectivity index (χ4v) is 9.91. The third-order valence-corrected chi connectivity index (χ3v) is 12.2. The third-order valence-electron chi connectivity index (χ3n) is 10.3. The van der Waals surface area contributed by atoms with E-state index in [0.717, 1.165) is 61.9 Å². The van der Waals surface area contributed by atoms with E-state index in [1.54, 1.807) is 24.5 Å². The summed E-state index contributed by atoms with van der Waals surface area (Å²) in [5, 5.41) is 11.3. The Bertz CT molecular complexity index is 1550. The number of likely N-dealkylation sites (tertiary alicyclic amines) is 1. The summed E-state index contributed by atoms with van der Waals surface area (Å²) in [6.45, 7) is 1.87. The van der Waals surface area contributed by atoms with E-state index in [2.05, 4.69) is 35.2 Å². The third kappa shape index (κ3) is 4.17. The number of sulfonamides is 1. The predicted octanol–water partition coefficient (Wildman–Crippen LogP) is 4.51. The van der Waals surface area contributed by atoms with Crippen LogP contribution in [-0.4, -0.2) is 68.2 Å². The highest BCUT2D eigenvalue weighted by Gasteiger charge is 2.67. The molecule has 5 atom stereocenters. The molecule has 41 heavy (non-hydrogen) atoms. The van der Waals surface area contributed by atoms with Crippen LogP contribution >= 0.6 is 0 Å². The highest BCUT2D eigenvalue weighted by atomic mass is 32.2. The monoisotopic (exact) mass is 574 g/mol. The number of benzene rings is 3. The molecule has 8 heteroatoms. The summed E-state index contributed by atoms with van der Waals surface area (Å²) < 4.78 is 41.6. The number of nitrogens with zero attached hydrogens (tertiary/aromatic N) is 2. The lowest BCUT2D eigenvalue weighted by molar-refractivity contribution is -0.0741. The molecule has 7 rings (SSSR count). The van der Waals surface area contributed by atoms with Crippen molar-refractivity contribution in [3.8, 4) is 17.2 Å². The van der Waals surface area contributed by atoms with Crippen LogP contribution in [0.5, 0.6) is 17.2 Å². The number of hydrogen-bond donors (Lipinski definition) is 1. The second kappa shape index (κ2) is 10.0. The molecule has 2 fully saturated rings. The maximum absolute atomic E-state index is 13.7. The van der Waals surface area contributed by atoms with Gasteiger partial charge >= 0.3 is 0 Å². The van der Waals surface area contributed by atoms with Crippen molar-refractivity contribution in [3.05, 3.63) is 89.0 Å². The van der Waals surface area contributed by atoms with E-state index in [9.17, 15) is 13.5 Å². The van der Waals surface area contributed by atoms with Crippen LogP contribution in [0.1, 0.15) is 41.5 Å². The molecule has 2 heterocycles. The Morgan fingerprint density at radius 2 is 1.78 bits per heavy atom. The van der Waals surface area contributed by atoms with Crippen molar-refractivity contribution in [1.29, 1.82) is 0 Å². The summed E-state index contributed by atoms with van der Waals surface area (Å²) in [6, 6.07) is 21.6. The normalized spacial score (nSPS) is 28.3. The number of aromatic hydroxyl groups is 1. The van der Waals surface area contributed by atoms with E-state index in [0.29, 0.717) is 17.4 Å². The molecule has 1 N–H and O–H groups in total. The van der Waals surface area contributed by atoms with Crippen molar-refractivity contribution in [2.45, 2.75) is 61.5 Å². The summed E-state index contributed by atoms with van der Waals surface area (Å²) in [5.41, 5.74) is 3.77. The molecule has 4 aliphatic rings. The van der Waals surface area contributed by atoms with Crippen LogP contribution in [0.2, 0.25) is 0 Å². The molecule has 2 aliphatic carbocycles. The lowest BCUT2D eigenvalue weighted by atomic mass is 9.51. The quantitative estimate of drug-likeness (QED) is 0.427. The number of hydrogen-bond acceptors (Lipinski definition) is 6. The Kier molecular flexibility index (Phi) is 6.56. The first-order chi connectivity index (χ1) is 19.8. The second-order valence-corrected chi connectivity index (χ2v) is 14.2. The van der Waals surface area contributed by atoms with Crippen molar-refractivity contribution in [2.75, 3.05) is 27.2 Å². The zero-order chi connectivity index (χ0) is 28.4. The van der Waals surface area contributed by atoms with Crippen LogP contribution in [0.3, 0.4) is 0 Å². The highest BCUT2D eigenvalue weighted by Crippen LogP contribution is 2.65. The standard InChI is InChI=1S/C33H38N2O5S/c1-34(41(37,38)21-23-11-7-4-8-12-23)26-14-13-25-27-19-24-28(36)20-29(39-2)31-30(24)33(25,32(26)40-31)16-18-35(27)17-15-22-9-5-3-6-10-22/h3-12,20,25-27,32,36H,13-19,21H2,1-2H3/t25-,26-,27+,32-,33-/m0/s1. The Labute approximate surface area is 242 Å². The summed E-state index contributed by atoms with van der Waals surface area (Å²) >= 11 is 0. The van der Waals surface area contributed by atoms with Crippen LogP contribution in [0, 0.1) is 5.92 Å². The fourth-order valence-electron chi connectivity index (χ4n) is 8.46. The lowest BCUT2D eigenvalue weighted by Gasteiger charge is -2.60. The summed E-state index contributed by atoms with van der Waals surface area (Å²) in [4.78, 5) is 2.61. The molecule has 2 bridgehead atoms. The average molecular weight is 575 g/mol. The van der Waals surface area contributed by atoms with E-state index in [4.69, 9.17) is 9.47 Å². The van der Waals surface area contributed by atoms with E-state index in [1.807, 2.05) is 30.3 Å². The molecule has 1 saturated carbocycles. The second-order valence-electron chi connectivity index (χ2n) is 12.2. The van der Waals surface area contributed by atoms with Gasteiger partial charge in [0, 0.05) is 42.2 Å². The van der Waals surface area contributed by atoms with E-state index >= 15 is 0 Å². The maximum atomic E-state index is 13.7. The number of ether oxygens (including phenoxy) is 2. The van der Waals surface area contributed by atoms with Gasteiger partial charge in [0.15, 0.2) is 11.5 Å². The van der Waals surface area contributed by atoms with Gasteiger partial charge in [0.05, 0.1) is 18.9 Å². The minimum atomic E-state index is -3.59. The van der Waals surface area contributed by atoms with Gasteiger partial charge in [0.1, 0.15) is 11.9 Å². The number of phenolic OH excluding ortho intramolecular Hbond substituents is 1. The van der Waals surface area contributed by atoms with Gasteiger partial charge in [-0.25, -0.2) is 8.42 Å². The number of likely N-dealkylation sites (N-methyl/N-ethyl adjacent to an activating group) is 1. The van der Waals surface area contributed by atoms with E-state index in [1.165, 1.54) is 5.56 Å². The molecular weight excluding hydrogens is 536 g/mol. The molecule has 2 aliphatic heterocycles. The fraction of sp³-hybridized carbons (Fsp3) is 0.455. The first-order valence-electron chi connectivity index (χ1n) is 14.7. The van der Waals surface area contributed by atoms with Crippen molar-refractivity contribution < 1.29 is 23.0 Å². The molecule has 1 spiro atoms. The largest absolute Gasteiger partial charge is 0.508 e. The minimum Gasteiger partial charge on any atom is -0.508 e. The SMILES string of the molecule is COc1cc(O)c2c3c1O[C@H]1[C@@H](N(C)S(=O)(=O)Cc4ccccc4)CC[C@H]4[C@@H](C2)N(CCc2ccccc2)CC[C@@]341. The van der Waals surface area contributed by atoms with Crippen LogP contribution < -0.4 is 9.47 Å². The van der Waals surface area contributed by atoms with Crippen LogP contribution in [0.4, 0.5) is 0 Å². The molecule has 0 unspecified atom stereocenters. The van der Waals surface area contributed by atoms with Gasteiger partial charge in [-0.15, -0.1) is 0 Å². The van der Waals surface area contributed by atoms with Crippen LogP contribution in [0.25, 0.3) is 0 Å². The Balaban J connectivity index is 1.26. The molecule has 1 saturated heterocycles. The minimum absolute atomic E-state index is 0.0395. The lowest BCUT2D eigenvalue weighted by Crippen LogP contribution is -2.69. The van der Waals surface area contributed by atoms with Gasteiger partial charge in [-0.05, 0) is 55.7 Å². The maximum Gasteiger partial charge on any atom is 0.218 e. The highest BCUT2D eigenvalue weighted by molar-refractivity contribution is 7.88. The molecule has 0 aromatic heterocycles. The van der Waals surface area contributed by atoms with Crippen molar-refractivity contribution in [2.24, 2.45) is 5.92 Å². The number of piperidine rings is 1. The van der Waals surface area contributed by atoms with E-state index in [-0.39, 0.29) is 35.1 Å². The predicted molar refractivity (Wildman–Crippen MR) is 158 cm³/mol. The van der Waals surface area contributed by atoms with E-state index < -0.39 is 10.0 Å². The van der Waals surface area contributed by atoms with Crippen molar-refractivity contribution in [3.63, 3.8) is 0 Å². The molecule has 216 valence electrons. The zero-order valence-corrected chi connectivity index (χ0v) is 24.5. The first kappa shape index (κ1) is 26.8. The van der Waals surface area contributed by atoms with Gasteiger partial charge in [-0.1, -0.05) is 60.7 Å². The molecule has 0 radical (unpaired) electrons. The number of phenols is 1. The summed E-state index contributed by atoms with van der Waals surface area (Å²) in [5.74, 6) is 1.76. The van der Waals surface area contributed by atoms with Gasteiger partial charge in [0.2, 0.25) is 10.0 Å². The van der Waals surface area contributed by atoms with Gasteiger partial charge in [0.25, 0.3) is 0 Å². The molecular formula is C33H38N2O5S. The Morgan fingerprint density at radius 3 is 2.49 bits per heavy atom. The van der Waals surface area contributed by atoms with Gasteiger partial charge in [-0.3, -0.25) is 4.90 Å². The average Bonchev–Trinajstić information content (AvgIpc) is 3.32. The summed E-state index contributed by atoms with van der Waals surface area (Å²) in [6.07, 6.45) is 3.93. The number of rotatable bonds is 8. The van der Waals surface area contributed by atoms with Crippen molar-refractivity contribution in [1.82, 2.24) is 9.21 Å². The number of methoxy groups -OCH3 is 1. The van der Waals surface area contributed by atoms with Crippen LogP contribution in [0.15, 0.2) is 66.7 Å². The molecule has 0 amide bonds. The Morgan fingerprint density at radius 1 is 1.07 bits per heavy atom. The Hall–Kier alpha value is -3.07. The molecule has 3 aromatic carbocycles. The zero-order valence-electron chi connectivity index (χ0n) is 23.7.